The maximum atomic E-state index is 9.75. The maximum absolute atomic E-state index is 9.75. The minimum Gasteiger partial charge on any atom is -0.435 e. The standard InChI is InChI=1S/C15H12BrO2PS2/c1-9-2-3-10-8-13-11(7-12(10)6-9)4-5-14(16)15(13)18-19(17,20)21/h2-8H,1H3,(H2,17,20,21). The zero-order valence-electron chi connectivity index (χ0n) is 11.1. The molecular formula is C15H12BrO2PS2. The highest BCUT2D eigenvalue weighted by Crippen LogP contribution is 2.51. The van der Waals surface area contributed by atoms with Crippen LogP contribution in [0.25, 0.3) is 21.5 Å². The fraction of sp³-hybridized carbons (Fsp3) is 0.0667. The lowest BCUT2D eigenvalue weighted by molar-refractivity contribution is 0.506. The Morgan fingerprint density at radius 3 is 2.52 bits per heavy atom. The third-order valence-electron chi connectivity index (χ3n) is 3.25. The Morgan fingerprint density at radius 2 is 1.81 bits per heavy atom. The van der Waals surface area contributed by atoms with Crippen LogP contribution < -0.4 is 4.52 Å². The van der Waals surface area contributed by atoms with Crippen molar-refractivity contribution in [1.29, 1.82) is 0 Å². The first kappa shape index (κ1) is 15.3. The normalized spacial score (nSPS) is 14.3. The van der Waals surface area contributed by atoms with E-state index in [-0.39, 0.29) is 0 Å². The zero-order chi connectivity index (χ0) is 15.2. The lowest BCUT2D eigenvalue weighted by atomic mass is 10.0. The van der Waals surface area contributed by atoms with E-state index in [1.165, 1.54) is 10.9 Å². The Bertz CT molecular complexity index is 905. The zero-order valence-corrected chi connectivity index (χ0v) is 15.3. The summed E-state index contributed by atoms with van der Waals surface area (Å²) in [6.45, 7) is 2.07. The smallest absolute Gasteiger partial charge is 0.291 e. The van der Waals surface area contributed by atoms with E-state index in [2.05, 4.69) is 59.4 Å². The van der Waals surface area contributed by atoms with Gasteiger partial charge < -0.3 is 9.42 Å². The van der Waals surface area contributed by atoms with Crippen molar-refractivity contribution in [3.05, 3.63) is 52.5 Å². The predicted octanol–water partition coefficient (Wildman–Crippen LogP) is 5.59. The molecule has 3 aromatic carbocycles. The third-order valence-corrected chi connectivity index (χ3v) is 4.76. The van der Waals surface area contributed by atoms with Gasteiger partial charge in [0.2, 0.25) is 0 Å². The van der Waals surface area contributed by atoms with Crippen LogP contribution in [-0.4, -0.2) is 4.89 Å². The van der Waals surface area contributed by atoms with Crippen LogP contribution in [0.5, 0.6) is 5.75 Å². The summed E-state index contributed by atoms with van der Waals surface area (Å²) in [6.07, 6.45) is 0. The number of thiol groups is 1. The van der Waals surface area contributed by atoms with Crippen molar-refractivity contribution < 1.29 is 9.42 Å². The second-order valence-electron chi connectivity index (χ2n) is 4.88. The SMILES string of the molecule is Cc1ccc2cc3c(OP(O)(=S)S)c(Br)ccc3cc2c1. The number of aryl methyl sites for hydroxylation is 1. The summed E-state index contributed by atoms with van der Waals surface area (Å²) in [5.41, 5.74) is -1.87. The molecule has 1 atom stereocenters. The summed E-state index contributed by atoms with van der Waals surface area (Å²) in [6, 6.07) is 14.3. The van der Waals surface area contributed by atoms with Gasteiger partial charge in [0, 0.05) is 5.39 Å². The Kier molecular flexibility index (Phi) is 4.06. The van der Waals surface area contributed by atoms with E-state index < -0.39 is 5.69 Å². The number of fused-ring (bicyclic) bond motifs is 2. The van der Waals surface area contributed by atoms with Crippen molar-refractivity contribution in [3.63, 3.8) is 0 Å². The van der Waals surface area contributed by atoms with E-state index in [0.717, 1.165) is 20.6 Å². The Labute approximate surface area is 141 Å². The van der Waals surface area contributed by atoms with Crippen LogP contribution in [0.4, 0.5) is 0 Å². The first-order chi connectivity index (χ1) is 9.83. The van der Waals surface area contributed by atoms with Crippen molar-refractivity contribution in [1.82, 2.24) is 0 Å². The van der Waals surface area contributed by atoms with Crippen molar-refractivity contribution in [2.45, 2.75) is 6.92 Å². The molecule has 0 aromatic heterocycles. The molecule has 21 heavy (non-hydrogen) atoms. The fourth-order valence-electron chi connectivity index (χ4n) is 2.35. The molecule has 0 aliphatic heterocycles. The molecule has 1 N–H and O–H groups in total. The molecule has 0 aliphatic carbocycles. The molecule has 0 bridgehead atoms. The number of benzene rings is 3. The van der Waals surface area contributed by atoms with Gasteiger partial charge in [-0.25, -0.2) is 0 Å². The van der Waals surface area contributed by atoms with E-state index in [1.807, 2.05) is 18.2 Å². The highest BCUT2D eigenvalue weighted by Gasteiger charge is 2.15. The summed E-state index contributed by atoms with van der Waals surface area (Å²) in [5.74, 6) is 0.538. The summed E-state index contributed by atoms with van der Waals surface area (Å²) in [5, 5.41) is 4.22. The van der Waals surface area contributed by atoms with Crippen molar-refractivity contribution in [2.75, 3.05) is 0 Å². The first-order valence-corrected chi connectivity index (χ1v) is 10.8. The molecule has 0 saturated carbocycles. The van der Waals surface area contributed by atoms with E-state index >= 15 is 0 Å². The van der Waals surface area contributed by atoms with Gasteiger partial charge in [-0.3, -0.25) is 0 Å². The monoisotopic (exact) mass is 398 g/mol. The number of halogens is 1. The van der Waals surface area contributed by atoms with Crippen LogP contribution in [0.3, 0.4) is 0 Å². The van der Waals surface area contributed by atoms with Crippen LogP contribution >= 0.6 is 33.9 Å². The fourth-order valence-corrected chi connectivity index (χ4v) is 3.80. The van der Waals surface area contributed by atoms with Gasteiger partial charge in [0.1, 0.15) is 5.75 Å². The average Bonchev–Trinajstić information content (AvgIpc) is 2.39. The lowest BCUT2D eigenvalue weighted by Crippen LogP contribution is -1.89. The molecule has 0 amide bonds. The molecule has 0 radical (unpaired) electrons. The second kappa shape index (κ2) is 5.56. The largest absolute Gasteiger partial charge is 0.435 e. The Balaban J connectivity index is 2.34. The molecule has 6 heteroatoms. The summed E-state index contributed by atoms with van der Waals surface area (Å²) in [7, 11) is 0. The second-order valence-corrected chi connectivity index (χ2v) is 10.8. The van der Waals surface area contributed by atoms with Crippen molar-refractivity contribution >= 4 is 67.2 Å². The van der Waals surface area contributed by atoms with Gasteiger partial charge in [0.15, 0.2) is 0 Å². The molecule has 0 heterocycles. The molecule has 1 unspecified atom stereocenters. The van der Waals surface area contributed by atoms with Gasteiger partial charge in [0.05, 0.1) is 4.47 Å². The van der Waals surface area contributed by atoms with Crippen LogP contribution in [0.1, 0.15) is 5.56 Å². The minimum atomic E-state index is -3.09. The third kappa shape index (κ3) is 3.27. The Morgan fingerprint density at radius 1 is 1.10 bits per heavy atom. The maximum Gasteiger partial charge on any atom is 0.291 e. The predicted molar refractivity (Wildman–Crippen MR) is 100 cm³/mol. The molecule has 3 rings (SSSR count). The summed E-state index contributed by atoms with van der Waals surface area (Å²) in [4.78, 5) is 9.75. The molecule has 0 aliphatic rings. The highest BCUT2D eigenvalue weighted by molar-refractivity contribution is 9.10. The van der Waals surface area contributed by atoms with Crippen molar-refractivity contribution in [2.24, 2.45) is 0 Å². The highest BCUT2D eigenvalue weighted by atomic mass is 79.9. The van der Waals surface area contributed by atoms with Gasteiger partial charge in [-0.15, -0.1) is 0 Å². The lowest BCUT2D eigenvalue weighted by Gasteiger charge is -2.15. The van der Waals surface area contributed by atoms with Gasteiger partial charge >= 0.3 is 0 Å². The van der Waals surface area contributed by atoms with Crippen LogP contribution in [0.15, 0.2) is 46.9 Å². The van der Waals surface area contributed by atoms with Gasteiger partial charge in [-0.05, 0) is 69.0 Å². The van der Waals surface area contributed by atoms with Crippen molar-refractivity contribution in [3.8, 4) is 5.75 Å². The van der Waals surface area contributed by atoms with Crippen LogP contribution in [0.2, 0.25) is 0 Å². The topological polar surface area (TPSA) is 29.5 Å². The molecule has 0 spiro atoms. The van der Waals surface area contributed by atoms with E-state index in [4.69, 9.17) is 16.3 Å². The molecule has 108 valence electrons. The van der Waals surface area contributed by atoms with Crippen LogP contribution in [0, 0.1) is 6.92 Å². The van der Waals surface area contributed by atoms with Gasteiger partial charge in [-0.2, -0.15) is 0 Å². The van der Waals surface area contributed by atoms with E-state index in [1.54, 1.807) is 0 Å². The molecular weight excluding hydrogens is 387 g/mol. The summed E-state index contributed by atoms with van der Waals surface area (Å²) >= 11 is 12.3. The number of hydrogen-bond acceptors (Lipinski definition) is 2. The number of hydrogen-bond donors (Lipinski definition) is 2. The molecule has 2 nitrogen and oxygen atoms in total. The van der Waals surface area contributed by atoms with Crippen LogP contribution in [-0.2, 0) is 11.8 Å². The molecule has 0 fully saturated rings. The average molecular weight is 399 g/mol. The first-order valence-electron chi connectivity index (χ1n) is 6.21. The quantitative estimate of drug-likeness (QED) is 0.335. The summed E-state index contributed by atoms with van der Waals surface area (Å²) < 4.78 is 6.27. The van der Waals surface area contributed by atoms with E-state index in [0.29, 0.717) is 5.75 Å². The Hall–Kier alpha value is -0.580. The molecule has 3 aromatic rings. The van der Waals surface area contributed by atoms with Gasteiger partial charge in [-0.1, -0.05) is 42.1 Å². The number of rotatable bonds is 2. The van der Waals surface area contributed by atoms with E-state index in [9.17, 15) is 4.89 Å². The van der Waals surface area contributed by atoms with Gasteiger partial charge in [0.25, 0.3) is 5.69 Å². The minimum absolute atomic E-state index is 0.538. The molecule has 0 saturated heterocycles.